The van der Waals surface area contributed by atoms with Crippen LogP contribution in [0.5, 0.6) is 5.75 Å². The molecule has 3 heteroatoms. The van der Waals surface area contributed by atoms with Gasteiger partial charge in [-0.15, -0.1) is 0 Å². The SMILES string of the molecule is C=C(CNCCC)COc1ccccc1F. The van der Waals surface area contributed by atoms with Crippen molar-refractivity contribution in [3.63, 3.8) is 0 Å². The molecule has 1 aromatic carbocycles. The molecule has 88 valence electrons. The van der Waals surface area contributed by atoms with Crippen LogP contribution < -0.4 is 10.1 Å². The Kier molecular flexibility index (Phi) is 5.57. The van der Waals surface area contributed by atoms with Crippen molar-refractivity contribution in [2.24, 2.45) is 0 Å². The molecule has 1 N–H and O–H groups in total. The molecule has 0 saturated heterocycles. The maximum absolute atomic E-state index is 13.2. The van der Waals surface area contributed by atoms with Crippen LogP contribution in [0.3, 0.4) is 0 Å². The van der Waals surface area contributed by atoms with Gasteiger partial charge < -0.3 is 10.1 Å². The molecule has 16 heavy (non-hydrogen) atoms. The van der Waals surface area contributed by atoms with Crippen LogP contribution in [-0.4, -0.2) is 19.7 Å². The molecule has 0 aliphatic heterocycles. The zero-order chi connectivity index (χ0) is 11.8. The minimum absolute atomic E-state index is 0.277. The van der Waals surface area contributed by atoms with E-state index in [1.54, 1.807) is 18.2 Å². The number of nitrogens with one attached hydrogen (secondary N) is 1. The summed E-state index contributed by atoms with van der Waals surface area (Å²) in [7, 11) is 0. The smallest absolute Gasteiger partial charge is 0.165 e. The molecule has 1 aromatic rings. The standard InChI is InChI=1S/C13H18FNO/c1-3-8-15-9-11(2)10-16-13-7-5-4-6-12(13)14/h4-7,15H,2-3,8-10H2,1H3. The van der Waals surface area contributed by atoms with Crippen molar-refractivity contribution in [3.05, 3.63) is 42.2 Å². The van der Waals surface area contributed by atoms with E-state index in [0.29, 0.717) is 13.2 Å². The topological polar surface area (TPSA) is 21.3 Å². The maximum Gasteiger partial charge on any atom is 0.165 e. The summed E-state index contributed by atoms with van der Waals surface area (Å²) in [6.07, 6.45) is 1.08. The van der Waals surface area contributed by atoms with Crippen molar-refractivity contribution < 1.29 is 9.13 Å². The molecule has 0 aliphatic rings. The van der Waals surface area contributed by atoms with E-state index < -0.39 is 0 Å². The number of hydrogen-bond acceptors (Lipinski definition) is 2. The van der Waals surface area contributed by atoms with Crippen LogP contribution in [0.15, 0.2) is 36.4 Å². The summed E-state index contributed by atoms with van der Waals surface area (Å²) >= 11 is 0. The van der Waals surface area contributed by atoms with Gasteiger partial charge in [0.1, 0.15) is 6.61 Å². The van der Waals surface area contributed by atoms with Gasteiger partial charge in [-0.3, -0.25) is 0 Å². The van der Waals surface area contributed by atoms with E-state index in [9.17, 15) is 4.39 Å². The fraction of sp³-hybridized carbons (Fsp3) is 0.385. The highest BCUT2D eigenvalue weighted by Gasteiger charge is 2.01. The van der Waals surface area contributed by atoms with E-state index in [0.717, 1.165) is 18.5 Å². The molecule has 2 nitrogen and oxygen atoms in total. The summed E-state index contributed by atoms with van der Waals surface area (Å²) in [5.74, 6) is -0.0593. The van der Waals surface area contributed by atoms with Crippen molar-refractivity contribution in [1.82, 2.24) is 5.32 Å². The summed E-state index contributed by atoms with van der Waals surface area (Å²) in [5.41, 5.74) is 0.914. The minimum atomic E-state index is -0.336. The first kappa shape index (κ1) is 12.7. The Morgan fingerprint density at radius 3 is 2.88 bits per heavy atom. The molecular weight excluding hydrogens is 205 g/mol. The highest BCUT2D eigenvalue weighted by molar-refractivity contribution is 5.24. The van der Waals surface area contributed by atoms with Crippen LogP contribution in [0.2, 0.25) is 0 Å². The lowest BCUT2D eigenvalue weighted by Crippen LogP contribution is -2.20. The predicted octanol–water partition coefficient (Wildman–Crippen LogP) is 2.76. The second-order valence-electron chi connectivity index (χ2n) is 3.65. The quantitative estimate of drug-likeness (QED) is 0.567. The van der Waals surface area contributed by atoms with E-state index in [-0.39, 0.29) is 11.6 Å². The van der Waals surface area contributed by atoms with Crippen molar-refractivity contribution in [2.45, 2.75) is 13.3 Å². The molecule has 0 unspecified atom stereocenters. The average molecular weight is 223 g/mol. The molecule has 0 amide bonds. The van der Waals surface area contributed by atoms with Crippen LogP contribution in [0, 0.1) is 5.82 Å². The lowest BCUT2D eigenvalue weighted by Gasteiger charge is -2.09. The summed E-state index contributed by atoms with van der Waals surface area (Å²) in [6.45, 7) is 7.98. The minimum Gasteiger partial charge on any atom is -0.486 e. The fourth-order valence-corrected chi connectivity index (χ4v) is 1.23. The molecule has 0 atom stereocenters. The number of para-hydroxylation sites is 1. The van der Waals surface area contributed by atoms with Gasteiger partial charge >= 0.3 is 0 Å². The molecule has 0 spiro atoms. The highest BCUT2D eigenvalue weighted by Crippen LogP contribution is 2.15. The number of benzene rings is 1. The summed E-state index contributed by atoms with van der Waals surface area (Å²) < 4.78 is 18.5. The second kappa shape index (κ2) is 7.01. The third kappa shape index (κ3) is 4.45. The van der Waals surface area contributed by atoms with Gasteiger partial charge in [0.15, 0.2) is 11.6 Å². The van der Waals surface area contributed by atoms with Crippen LogP contribution in [0.1, 0.15) is 13.3 Å². The van der Waals surface area contributed by atoms with Crippen molar-refractivity contribution in [1.29, 1.82) is 0 Å². The molecule has 0 saturated carbocycles. The highest BCUT2D eigenvalue weighted by atomic mass is 19.1. The van der Waals surface area contributed by atoms with Gasteiger partial charge in [0, 0.05) is 6.54 Å². The van der Waals surface area contributed by atoms with E-state index >= 15 is 0 Å². The van der Waals surface area contributed by atoms with E-state index in [1.807, 2.05) is 0 Å². The lowest BCUT2D eigenvalue weighted by atomic mass is 10.3. The Balaban J connectivity index is 2.29. The molecular formula is C13H18FNO. The summed E-state index contributed by atoms with van der Waals surface area (Å²) in [4.78, 5) is 0. The monoisotopic (exact) mass is 223 g/mol. The maximum atomic E-state index is 13.2. The van der Waals surface area contributed by atoms with Gasteiger partial charge in [0.2, 0.25) is 0 Å². The van der Waals surface area contributed by atoms with Gasteiger partial charge in [-0.1, -0.05) is 25.6 Å². The van der Waals surface area contributed by atoms with Gasteiger partial charge in [0.05, 0.1) is 0 Å². The van der Waals surface area contributed by atoms with Crippen LogP contribution in [0.25, 0.3) is 0 Å². The zero-order valence-corrected chi connectivity index (χ0v) is 9.63. The molecule has 0 heterocycles. The molecule has 1 rings (SSSR count). The Morgan fingerprint density at radius 2 is 2.19 bits per heavy atom. The Morgan fingerprint density at radius 1 is 1.44 bits per heavy atom. The van der Waals surface area contributed by atoms with Gasteiger partial charge in [-0.05, 0) is 30.7 Å². The third-order valence-electron chi connectivity index (χ3n) is 2.07. The molecule has 0 bridgehead atoms. The Bertz CT molecular complexity index is 338. The van der Waals surface area contributed by atoms with Crippen LogP contribution in [0.4, 0.5) is 4.39 Å². The third-order valence-corrected chi connectivity index (χ3v) is 2.07. The normalized spacial score (nSPS) is 10.1. The first-order chi connectivity index (χ1) is 7.74. The Hall–Kier alpha value is -1.35. The van der Waals surface area contributed by atoms with Gasteiger partial charge in [-0.25, -0.2) is 4.39 Å². The molecule has 0 aliphatic carbocycles. The largest absolute Gasteiger partial charge is 0.486 e. The van der Waals surface area contributed by atoms with Crippen molar-refractivity contribution in [2.75, 3.05) is 19.7 Å². The second-order valence-corrected chi connectivity index (χ2v) is 3.65. The predicted molar refractivity (Wildman–Crippen MR) is 64.2 cm³/mol. The zero-order valence-electron chi connectivity index (χ0n) is 9.63. The summed E-state index contributed by atoms with van der Waals surface area (Å²) in [6, 6.07) is 6.38. The average Bonchev–Trinajstić information content (AvgIpc) is 2.28. The fourth-order valence-electron chi connectivity index (χ4n) is 1.23. The Labute approximate surface area is 96.1 Å². The van der Waals surface area contributed by atoms with E-state index in [2.05, 4.69) is 18.8 Å². The lowest BCUT2D eigenvalue weighted by molar-refractivity contribution is 0.329. The van der Waals surface area contributed by atoms with E-state index in [1.165, 1.54) is 6.07 Å². The first-order valence-electron chi connectivity index (χ1n) is 5.48. The first-order valence-corrected chi connectivity index (χ1v) is 5.48. The van der Waals surface area contributed by atoms with Gasteiger partial charge in [0.25, 0.3) is 0 Å². The number of ether oxygens (including phenoxy) is 1. The molecule has 0 aromatic heterocycles. The van der Waals surface area contributed by atoms with Crippen molar-refractivity contribution in [3.8, 4) is 5.75 Å². The summed E-state index contributed by atoms with van der Waals surface area (Å²) in [5, 5.41) is 3.21. The molecule has 0 radical (unpaired) electrons. The molecule has 0 fully saturated rings. The van der Waals surface area contributed by atoms with E-state index in [4.69, 9.17) is 4.74 Å². The van der Waals surface area contributed by atoms with Crippen LogP contribution >= 0.6 is 0 Å². The number of hydrogen-bond donors (Lipinski definition) is 1. The number of rotatable bonds is 7. The van der Waals surface area contributed by atoms with Gasteiger partial charge in [-0.2, -0.15) is 0 Å². The van der Waals surface area contributed by atoms with Crippen molar-refractivity contribution >= 4 is 0 Å². The van der Waals surface area contributed by atoms with Crippen LogP contribution in [-0.2, 0) is 0 Å². The number of halogens is 1.